The Labute approximate surface area is 174 Å². The zero-order chi connectivity index (χ0) is 19.7. The molecule has 0 N–H and O–H groups in total. The van der Waals surface area contributed by atoms with Gasteiger partial charge in [-0.3, -0.25) is 4.79 Å². The van der Waals surface area contributed by atoms with Crippen LogP contribution in [0.4, 0.5) is 0 Å². The highest BCUT2D eigenvalue weighted by Gasteiger charge is 2.29. The Morgan fingerprint density at radius 2 is 2.00 bits per heavy atom. The lowest BCUT2D eigenvalue weighted by Gasteiger charge is -2.32. The molecule has 0 aliphatic carbocycles. The van der Waals surface area contributed by atoms with Crippen LogP contribution in [-0.4, -0.2) is 35.0 Å². The molecular formula is C22H23ClN2O2S. The van der Waals surface area contributed by atoms with Crippen molar-refractivity contribution in [3.05, 3.63) is 58.1 Å². The molecule has 6 heteroatoms. The summed E-state index contributed by atoms with van der Waals surface area (Å²) < 4.78 is 7.09. The zero-order valence-corrected chi connectivity index (χ0v) is 17.6. The highest BCUT2D eigenvalue weighted by Crippen LogP contribution is 2.34. The van der Waals surface area contributed by atoms with Crippen LogP contribution in [0, 0.1) is 6.92 Å². The van der Waals surface area contributed by atoms with Crippen molar-refractivity contribution >= 4 is 39.1 Å². The third-order valence-corrected chi connectivity index (χ3v) is 6.88. The van der Waals surface area contributed by atoms with E-state index >= 15 is 0 Å². The molecule has 1 amide bonds. The molecule has 1 aromatic heterocycles. The number of thiazole rings is 1. The van der Waals surface area contributed by atoms with Crippen LogP contribution >= 0.6 is 22.9 Å². The smallest absolute Gasteiger partial charge is 0.263 e. The SMILES string of the molecule is Cc1cc(OC(C)C(=O)N2CCC(c3nc4ccccc4s3)CC2)ccc1Cl. The van der Waals surface area contributed by atoms with Gasteiger partial charge in [0.2, 0.25) is 0 Å². The van der Waals surface area contributed by atoms with Gasteiger partial charge < -0.3 is 9.64 Å². The van der Waals surface area contributed by atoms with Crippen molar-refractivity contribution in [3.63, 3.8) is 0 Å². The Bertz CT molecular complexity index is 962. The number of hydrogen-bond acceptors (Lipinski definition) is 4. The van der Waals surface area contributed by atoms with E-state index in [2.05, 4.69) is 18.2 Å². The number of halogens is 1. The number of rotatable bonds is 4. The Morgan fingerprint density at radius 1 is 1.25 bits per heavy atom. The van der Waals surface area contributed by atoms with E-state index in [4.69, 9.17) is 21.3 Å². The second-order valence-electron chi connectivity index (χ2n) is 7.29. The van der Waals surface area contributed by atoms with E-state index in [-0.39, 0.29) is 5.91 Å². The molecule has 3 aromatic rings. The van der Waals surface area contributed by atoms with Gasteiger partial charge in [-0.2, -0.15) is 0 Å². The number of ether oxygens (including phenoxy) is 1. The van der Waals surface area contributed by atoms with Crippen molar-refractivity contribution in [3.8, 4) is 5.75 Å². The Balaban J connectivity index is 1.35. The first-order valence-electron chi connectivity index (χ1n) is 9.58. The number of amides is 1. The number of aryl methyl sites for hydroxylation is 1. The van der Waals surface area contributed by atoms with Gasteiger partial charge in [-0.25, -0.2) is 4.98 Å². The molecule has 0 radical (unpaired) electrons. The maximum atomic E-state index is 12.8. The molecule has 4 rings (SSSR count). The lowest BCUT2D eigenvalue weighted by Crippen LogP contribution is -2.44. The predicted octanol–water partition coefficient (Wildman–Crippen LogP) is 5.43. The number of para-hydroxylation sites is 1. The van der Waals surface area contributed by atoms with E-state index in [9.17, 15) is 4.79 Å². The number of benzene rings is 2. The van der Waals surface area contributed by atoms with Gasteiger partial charge in [0.25, 0.3) is 5.91 Å². The van der Waals surface area contributed by atoms with Gasteiger partial charge in [0.1, 0.15) is 5.75 Å². The number of carbonyl (C=O) groups excluding carboxylic acids is 1. The predicted molar refractivity (Wildman–Crippen MR) is 114 cm³/mol. The van der Waals surface area contributed by atoms with Crippen molar-refractivity contribution in [1.29, 1.82) is 0 Å². The topological polar surface area (TPSA) is 42.4 Å². The number of carbonyl (C=O) groups is 1. The van der Waals surface area contributed by atoms with Crippen LogP contribution in [0.15, 0.2) is 42.5 Å². The molecule has 1 saturated heterocycles. The van der Waals surface area contributed by atoms with Crippen LogP contribution in [0.3, 0.4) is 0 Å². The largest absolute Gasteiger partial charge is 0.481 e. The number of likely N-dealkylation sites (tertiary alicyclic amines) is 1. The molecular weight excluding hydrogens is 392 g/mol. The van der Waals surface area contributed by atoms with Gasteiger partial charge in [0.05, 0.1) is 15.2 Å². The first-order chi connectivity index (χ1) is 13.5. The van der Waals surface area contributed by atoms with Gasteiger partial charge in [0, 0.05) is 24.0 Å². The van der Waals surface area contributed by atoms with Crippen molar-refractivity contribution in [2.45, 2.75) is 38.7 Å². The number of fused-ring (bicyclic) bond motifs is 1. The van der Waals surface area contributed by atoms with Crippen molar-refractivity contribution < 1.29 is 9.53 Å². The molecule has 0 spiro atoms. The van der Waals surface area contributed by atoms with E-state index in [1.807, 2.05) is 30.9 Å². The van der Waals surface area contributed by atoms with Crippen molar-refractivity contribution in [1.82, 2.24) is 9.88 Å². The van der Waals surface area contributed by atoms with Gasteiger partial charge in [0.15, 0.2) is 6.10 Å². The highest BCUT2D eigenvalue weighted by molar-refractivity contribution is 7.18. The molecule has 2 heterocycles. The van der Waals surface area contributed by atoms with E-state index in [0.29, 0.717) is 16.7 Å². The molecule has 0 saturated carbocycles. The standard InChI is InChI=1S/C22H23ClN2O2S/c1-14-13-17(7-8-18(14)23)27-15(2)22(26)25-11-9-16(10-12-25)21-24-19-5-3-4-6-20(19)28-21/h3-8,13,15-16H,9-12H2,1-2H3. The minimum atomic E-state index is -0.514. The summed E-state index contributed by atoms with van der Waals surface area (Å²) in [5.74, 6) is 1.14. The third kappa shape index (κ3) is 4.01. The van der Waals surface area contributed by atoms with Gasteiger partial charge in [-0.05, 0) is 62.6 Å². The molecule has 2 aromatic carbocycles. The zero-order valence-electron chi connectivity index (χ0n) is 16.0. The fraction of sp³-hybridized carbons (Fsp3) is 0.364. The Kier molecular flexibility index (Phi) is 5.56. The fourth-order valence-electron chi connectivity index (χ4n) is 3.61. The van der Waals surface area contributed by atoms with Gasteiger partial charge >= 0.3 is 0 Å². The maximum Gasteiger partial charge on any atom is 0.263 e. The second-order valence-corrected chi connectivity index (χ2v) is 8.76. The van der Waals surface area contributed by atoms with Crippen LogP contribution < -0.4 is 4.74 Å². The number of nitrogens with zero attached hydrogens (tertiary/aromatic N) is 2. The van der Waals surface area contributed by atoms with E-state index < -0.39 is 6.10 Å². The summed E-state index contributed by atoms with van der Waals surface area (Å²) in [7, 11) is 0. The molecule has 28 heavy (non-hydrogen) atoms. The first kappa shape index (κ1) is 19.2. The number of hydrogen-bond donors (Lipinski definition) is 0. The monoisotopic (exact) mass is 414 g/mol. The summed E-state index contributed by atoms with van der Waals surface area (Å²) in [4.78, 5) is 19.5. The average molecular weight is 415 g/mol. The fourth-order valence-corrected chi connectivity index (χ4v) is 4.87. The molecule has 1 fully saturated rings. The lowest BCUT2D eigenvalue weighted by atomic mass is 9.97. The van der Waals surface area contributed by atoms with E-state index in [1.54, 1.807) is 23.5 Å². The highest BCUT2D eigenvalue weighted by atomic mass is 35.5. The summed E-state index contributed by atoms with van der Waals surface area (Å²) >= 11 is 7.83. The molecule has 1 aliphatic heterocycles. The maximum absolute atomic E-state index is 12.8. The summed E-state index contributed by atoms with van der Waals surface area (Å²) in [5.41, 5.74) is 2.01. The van der Waals surface area contributed by atoms with Crippen LogP contribution in [0.2, 0.25) is 5.02 Å². The van der Waals surface area contributed by atoms with Crippen LogP contribution in [0.5, 0.6) is 5.75 Å². The molecule has 1 unspecified atom stereocenters. The summed E-state index contributed by atoms with van der Waals surface area (Å²) in [6, 6.07) is 13.7. The molecule has 146 valence electrons. The Morgan fingerprint density at radius 3 is 2.71 bits per heavy atom. The van der Waals surface area contributed by atoms with Crippen molar-refractivity contribution in [2.75, 3.05) is 13.1 Å². The second kappa shape index (κ2) is 8.10. The van der Waals surface area contributed by atoms with Crippen LogP contribution in [-0.2, 0) is 4.79 Å². The summed E-state index contributed by atoms with van der Waals surface area (Å²) in [6.45, 7) is 5.22. The minimum Gasteiger partial charge on any atom is -0.481 e. The minimum absolute atomic E-state index is 0.0374. The third-order valence-electron chi connectivity index (χ3n) is 5.26. The quantitative estimate of drug-likeness (QED) is 0.571. The molecule has 0 bridgehead atoms. The van der Waals surface area contributed by atoms with Crippen LogP contribution in [0.25, 0.3) is 10.2 Å². The number of piperidine rings is 1. The average Bonchev–Trinajstić information content (AvgIpc) is 3.14. The molecule has 4 nitrogen and oxygen atoms in total. The first-order valence-corrected chi connectivity index (χ1v) is 10.8. The number of aromatic nitrogens is 1. The summed E-state index contributed by atoms with van der Waals surface area (Å²) in [6.07, 6.45) is 1.37. The summed E-state index contributed by atoms with van der Waals surface area (Å²) in [5, 5.41) is 1.89. The van der Waals surface area contributed by atoms with Gasteiger partial charge in [-0.1, -0.05) is 23.7 Å². The Hall–Kier alpha value is -2.11. The molecule has 1 aliphatic rings. The normalized spacial score (nSPS) is 16.3. The molecule has 1 atom stereocenters. The van der Waals surface area contributed by atoms with Gasteiger partial charge in [-0.15, -0.1) is 11.3 Å². The van der Waals surface area contributed by atoms with E-state index in [0.717, 1.165) is 37.0 Å². The lowest BCUT2D eigenvalue weighted by molar-refractivity contribution is -0.139. The van der Waals surface area contributed by atoms with Crippen LogP contribution in [0.1, 0.15) is 36.3 Å². The van der Waals surface area contributed by atoms with Crippen molar-refractivity contribution in [2.24, 2.45) is 0 Å². The van der Waals surface area contributed by atoms with E-state index in [1.165, 1.54) is 9.71 Å².